The van der Waals surface area contributed by atoms with Crippen molar-refractivity contribution in [3.05, 3.63) is 0 Å². The van der Waals surface area contributed by atoms with Gasteiger partial charge in [-0.15, -0.1) is 0 Å². The quantitative estimate of drug-likeness (QED) is 0.840. The normalized spacial score (nSPS) is 35.7. The molecule has 0 aromatic carbocycles. The lowest BCUT2D eigenvalue weighted by Gasteiger charge is -2.49. The van der Waals surface area contributed by atoms with Gasteiger partial charge in [0, 0.05) is 19.1 Å². The Bertz CT molecular complexity index is 261. The smallest absolute Gasteiger partial charge is 0.0594 e. The van der Waals surface area contributed by atoms with Crippen LogP contribution in [0.2, 0.25) is 0 Å². The van der Waals surface area contributed by atoms with Crippen molar-refractivity contribution in [2.45, 2.75) is 58.6 Å². The first-order valence-electron chi connectivity index (χ1n) is 7.54. The van der Waals surface area contributed by atoms with Gasteiger partial charge in [0.25, 0.3) is 0 Å². The summed E-state index contributed by atoms with van der Waals surface area (Å²) in [6.45, 7) is 10.9. The molecule has 1 saturated carbocycles. The van der Waals surface area contributed by atoms with Crippen molar-refractivity contribution in [2.75, 3.05) is 26.3 Å². The number of aliphatic hydroxyl groups excluding tert-OH is 1. The molecule has 3 atom stereocenters. The Morgan fingerprint density at radius 2 is 1.89 bits per heavy atom. The number of aliphatic hydroxyl groups is 1. The molecule has 2 fully saturated rings. The van der Waals surface area contributed by atoms with E-state index in [-0.39, 0.29) is 6.10 Å². The summed E-state index contributed by atoms with van der Waals surface area (Å²) in [5.41, 5.74) is 0.378. The fraction of sp³-hybridized carbons (Fsp3) is 1.00. The van der Waals surface area contributed by atoms with E-state index in [1.54, 1.807) is 0 Å². The van der Waals surface area contributed by atoms with Crippen molar-refractivity contribution < 1.29 is 9.84 Å². The highest BCUT2D eigenvalue weighted by Gasteiger charge is 2.41. The summed E-state index contributed by atoms with van der Waals surface area (Å²) >= 11 is 0. The molecule has 1 N–H and O–H groups in total. The van der Waals surface area contributed by atoms with Crippen LogP contribution in [0.25, 0.3) is 0 Å². The van der Waals surface area contributed by atoms with Crippen molar-refractivity contribution >= 4 is 0 Å². The van der Waals surface area contributed by atoms with Gasteiger partial charge in [0.1, 0.15) is 0 Å². The van der Waals surface area contributed by atoms with Gasteiger partial charge in [-0.3, -0.25) is 4.90 Å². The number of hydrogen-bond donors (Lipinski definition) is 1. The second-order valence-corrected chi connectivity index (χ2v) is 6.63. The minimum Gasteiger partial charge on any atom is -0.393 e. The molecule has 3 unspecified atom stereocenters. The number of rotatable bonds is 3. The van der Waals surface area contributed by atoms with Gasteiger partial charge in [-0.25, -0.2) is 0 Å². The highest BCUT2D eigenvalue weighted by molar-refractivity contribution is 4.94. The highest BCUT2D eigenvalue weighted by Crippen LogP contribution is 2.42. The molecule has 3 heteroatoms. The second-order valence-electron chi connectivity index (χ2n) is 6.63. The molecule has 1 heterocycles. The average molecular weight is 255 g/mol. The number of morpholine rings is 1. The molecule has 0 aromatic heterocycles. The summed E-state index contributed by atoms with van der Waals surface area (Å²) in [5.74, 6) is 0.712. The summed E-state index contributed by atoms with van der Waals surface area (Å²) in [5, 5.41) is 10.0. The van der Waals surface area contributed by atoms with Crippen LogP contribution in [-0.2, 0) is 4.74 Å². The first-order chi connectivity index (χ1) is 8.54. The predicted octanol–water partition coefficient (Wildman–Crippen LogP) is 2.28. The standard InChI is InChI=1S/C15H29NO2/c1-4-15(2,3)13-6-5-12(17)11-14(13)16-7-9-18-10-8-16/h12-14,17H,4-11H2,1-3H3. The van der Waals surface area contributed by atoms with Crippen LogP contribution >= 0.6 is 0 Å². The van der Waals surface area contributed by atoms with E-state index in [0.717, 1.165) is 39.1 Å². The SMILES string of the molecule is CCC(C)(C)C1CCC(O)CC1N1CCOCC1. The molecule has 0 amide bonds. The van der Waals surface area contributed by atoms with Gasteiger partial charge in [-0.2, -0.15) is 0 Å². The largest absolute Gasteiger partial charge is 0.393 e. The maximum atomic E-state index is 10.0. The van der Waals surface area contributed by atoms with Crippen LogP contribution in [0.1, 0.15) is 46.5 Å². The molecule has 106 valence electrons. The van der Waals surface area contributed by atoms with Gasteiger partial charge in [-0.05, 0) is 30.6 Å². The third kappa shape index (κ3) is 3.06. The van der Waals surface area contributed by atoms with Gasteiger partial charge in [0.15, 0.2) is 0 Å². The van der Waals surface area contributed by atoms with Crippen molar-refractivity contribution in [3.63, 3.8) is 0 Å². The van der Waals surface area contributed by atoms with Crippen LogP contribution < -0.4 is 0 Å². The molecule has 0 aromatic rings. The monoisotopic (exact) mass is 255 g/mol. The highest BCUT2D eigenvalue weighted by atomic mass is 16.5. The molecule has 1 aliphatic carbocycles. The van der Waals surface area contributed by atoms with Crippen LogP contribution in [0.15, 0.2) is 0 Å². The lowest BCUT2D eigenvalue weighted by Crippen LogP contribution is -2.53. The third-order valence-electron chi connectivity index (χ3n) is 5.22. The molecule has 0 spiro atoms. The summed E-state index contributed by atoms with van der Waals surface area (Å²) in [6.07, 6.45) is 4.23. The minimum atomic E-state index is -0.0956. The van der Waals surface area contributed by atoms with E-state index in [0.29, 0.717) is 17.4 Å². The maximum Gasteiger partial charge on any atom is 0.0594 e. The Labute approximate surface area is 112 Å². The number of ether oxygens (including phenoxy) is 1. The Kier molecular flexibility index (Phi) is 4.68. The molecule has 1 saturated heterocycles. The van der Waals surface area contributed by atoms with Crippen molar-refractivity contribution in [3.8, 4) is 0 Å². The van der Waals surface area contributed by atoms with Crippen LogP contribution in [0.4, 0.5) is 0 Å². The van der Waals surface area contributed by atoms with Gasteiger partial charge < -0.3 is 9.84 Å². The van der Waals surface area contributed by atoms with Gasteiger partial charge in [0.2, 0.25) is 0 Å². The maximum absolute atomic E-state index is 10.0. The molecule has 0 bridgehead atoms. The molecular formula is C15H29NO2. The summed E-state index contributed by atoms with van der Waals surface area (Å²) in [6, 6.07) is 0.549. The second kappa shape index (κ2) is 5.89. The van der Waals surface area contributed by atoms with Crippen molar-refractivity contribution in [2.24, 2.45) is 11.3 Å². The van der Waals surface area contributed by atoms with Crippen LogP contribution in [0.3, 0.4) is 0 Å². The zero-order valence-electron chi connectivity index (χ0n) is 12.2. The van der Waals surface area contributed by atoms with E-state index in [1.807, 2.05) is 0 Å². The predicted molar refractivity (Wildman–Crippen MR) is 73.6 cm³/mol. The van der Waals surface area contributed by atoms with E-state index < -0.39 is 0 Å². The van der Waals surface area contributed by atoms with Gasteiger partial charge in [-0.1, -0.05) is 27.2 Å². The van der Waals surface area contributed by atoms with Crippen molar-refractivity contribution in [1.29, 1.82) is 0 Å². The van der Waals surface area contributed by atoms with E-state index >= 15 is 0 Å². The number of nitrogens with zero attached hydrogens (tertiary/aromatic N) is 1. The fourth-order valence-electron chi connectivity index (χ4n) is 3.61. The topological polar surface area (TPSA) is 32.7 Å². The number of hydrogen-bond acceptors (Lipinski definition) is 3. The Morgan fingerprint density at radius 3 is 2.50 bits per heavy atom. The molecule has 18 heavy (non-hydrogen) atoms. The minimum absolute atomic E-state index is 0.0956. The average Bonchev–Trinajstić information content (AvgIpc) is 2.39. The molecule has 2 rings (SSSR count). The lowest BCUT2D eigenvalue weighted by atomic mass is 9.66. The van der Waals surface area contributed by atoms with Gasteiger partial charge in [0.05, 0.1) is 19.3 Å². The van der Waals surface area contributed by atoms with E-state index in [1.165, 1.54) is 12.8 Å². The Hall–Kier alpha value is -0.120. The zero-order valence-corrected chi connectivity index (χ0v) is 12.2. The molecule has 3 nitrogen and oxygen atoms in total. The van der Waals surface area contributed by atoms with E-state index in [4.69, 9.17) is 4.74 Å². The van der Waals surface area contributed by atoms with Crippen LogP contribution in [-0.4, -0.2) is 48.5 Å². The summed E-state index contributed by atoms with van der Waals surface area (Å²) in [7, 11) is 0. The zero-order chi connectivity index (χ0) is 13.2. The van der Waals surface area contributed by atoms with Crippen LogP contribution in [0, 0.1) is 11.3 Å². The van der Waals surface area contributed by atoms with Gasteiger partial charge >= 0.3 is 0 Å². The Morgan fingerprint density at radius 1 is 1.22 bits per heavy atom. The first-order valence-corrected chi connectivity index (χ1v) is 7.54. The molecule has 1 aliphatic heterocycles. The summed E-state index contributed by atoms with van der Waals surface area (Å²) in [4.78, 5) is 2.56. The third-order valence-corrected chi connectivity index (χ3v) is 5.22. The van der Waals surface area contributed by atoms with Crippen LogP contribution in [0.5, 0.6) is 0 Å². The fourth-order valence-corrected chi connectivity index (χ4v) is 3.61. The van der Waals surface area contributed by atoms with E-state index in [9.17, 15) is 5.11 Å². The lowest BCUT2D eigenvalue weighted by molar-refractivity contribution is -0.0561. The molecule has 0 radical (unpaired) electrons. The Balaban J connectivity index is 2.10. The van der Waals surface area contributed by atoms with Crippen molar-refractivity contribution in [1.82, 2.24) is 4.90 Å². The van der Waals surface area contributed by atoms with E-state index in [2.05, 4.69) is 25.7 Å². The molecular weight excluding hydrogens is 226 g/mol. The molecule has 2 aliphatic rings. The first kappa shape index (κ1) is 14.3. The summed E-state index contributed by atoms with van der Waals surface area (Å²) < 4.78 is 5.46.